The highest BCUT2D eigenvalue weighted by Gasteiger charge is 2.26. The first-order valence-corrected chi connectivity index (χ1v) is 6.07. The minimum absolute atomic E-state index is 0.0321. The van der Waals surface area contributed by atoms with Crippen molar-refractivity contribution in [2.24, 2.45) is 5.92 Å². The van der Waals surface area contributed by atoms with Crippen LogP contribution in [0.2, 0.25) is 5.15 Å². The van der Waals surface area contributed by atoms with Crippen LogP contribution in [0, 0.1) is 11.7 Å². The van der Waals surface area contributed by atoms with E-state index >= 15 is 0 Å². The third-order valence-corrected chi connectivity index (χ3v) is 3.57. The van der Waals surface area contributed by atoms with Gasteiger partial charge < -0.3 is 5.32 Å². The first-order chi connectivity index (χ1) is 8.08. The second-order valence-electron chi connectivity index (χ2n) is 4.45. The van der Waals surface area contributed by atoms with E-state index in [1.807, 2.05) is 6.92 Å². The monoisotopic (exact) mass is 256 g/mol. The van der Waals surface area contributed by atoms with Gasteiger partial charge in [-0.2, -0.15) is 0 Å². The van der Waals surface area contributed by atoms with E-state index in [4.69, 9.17) is 11.6 Å². The molecule has 1 aromatic rings. The number of carbonyl (C=O) groups is 1. The number of rotatable bonds is 3. The van der Waals surface area contributed by atoms with Crippen molar-refractivity contribution in [2.75, 3.05) is 0 Å². The zero-order valence-electron chi connectivity index (χ0n) is 9.54. The molecule has 0 radical (unpaired) electrons. The number of pyridine rings is 1. The summed E-state index contributed by atoms with van der Waals surface area (Å²) in [5, 5.41) is 2.87. The van der Waals surface area contributed by atoms with Gasteiger partial charge >= 0.3 is 0 Å². The van der Waals surface area contributed by atoms with Crippen LogP contribution < -0.4 is 5.32 Å². The Hall–Kier alpha value is -1.16. The average Bonchev–Trinajstić information content (AvgIpc) is 2.18. The molecule has 0 aromatic carbocycles. The van der Waals surface area contributed by atoms with Crippen molar-refractivity contribution in [1.29, 1.82) is 0 Å². The molecule has 0 bridgehead atoms. The lowest BCUT2D eigenvalue weighted by atomic mass is 9.80. The Kier molecular flexibility index (Phi) is 3.62. The second kappa shape index (κ2) is 5.00. The molecule has 1 fully saturated rings. The SMILES string of the molecule is CC(NC(=O)c1cc(F)cnc1Cl)C1CCC1. The lowest BCUT2D eigenvalue weighted by Gasteiger charge is -2.31. The quantitative estimate of drug-likeness (QED) is 0.845. The molecule has 0 spiro atoms. The van der Waals surface area contributed by atoms with E-state index in [0.29, 0.717) is 5.92 Å². The van der Waals surface area contributed by atoms with Gasteiger partial charge in [-0.1, -0.05) is 18.0 Å². The Morgan fingerprint density at radius 3 is 2.94 bits per heavy atom. The largest absolute Gasteiger partial charge is 0.349 e. The molecule has 5 heteroatoms. The number of hydrogen-bond donors (Lipinski definition) is 1. The summed E-state index contributed by atoms with van der Waals surface area (Å²) in [5.41, 5.74) is 0.0952. The molecule has 1 saturated carbocycles. The molecule has 1 aliphatic carbocycles. The van der Waals surface area contributed by atoms with Crippen LogP contribution in [-0.2, 0) is 0 Å². The van der Waals surface area contributed by atoms with Gasteiger partial charge in [-0.25, -0.2) is 9.37 Å². The van der Waals surface area contributed by atoms with Crippen molar-refractivity contribution >= 4 is 17.5 Å². The topological polar surface area (TPSA) is 42.0 Å². The van der Waals surface area contributed by atoms with Crippen LogP contribution in [0.15, 0.2) is 12.3 Å². The summed E-state index contributed by atoms with van der Waals surface area (Å²) in [5.74, 6) is -0.392. The van der Waals surface area contributed by atoms with E-state index in [2.05, 4.69) is 10.3 Å². The third kappa shape index (κ3) is 2.75. The number of nitrogens with zero attached hydrogens (tertiary/aromatic N) is 1. The van der Waals surface area contributed by atoms with Crippen LogP contribution in [0.5, 0.6) is 0 Å². The van der Waals surface area contributed by atoms with Gasteiger partial charge in [-0.3, -0.25) is 4.79 Å². The van der Waals surface area contributed by atoms with Gasteiger partial charge in [0.2, 0.25) is 0 Å². The van der Waals surface area contributed by atoms with Crippen LogP contribution in [0.25, 0.3) is 0 Å². The fraction of sp³-hybridized carbons (Fsp3) is 0.500. The Labute approximate surface area is 104 Å². The molecule has 1 unspecified atom stereocenters. The first-order valence-electron chi connectivity index (χ1n) is 5.70. The molecule has 1 atom stereocenters. The van der Waals surface area contributed by atoms with Gasteiger partial charge in [0.15, 0.2) is 0 Å². The molecule has 1 heterocycles. The molecule has 0 aliphatic heterocycles. The maximum absolute atomic E-state index is 13.0. The van der Waals surface area contributed by atoms with Gasteiger partial charge in [0.25, 0.3) is 5.91 Å². The van der Waals surface area contributed by atoms with Gasteiger partial charge in [0.05, 0.1) is 11.8 Å². The molecule has 17 heavy (non-hydrogen) atoms. The Balaban J connectivity index is 2.05. The normalized spacial score (nSPS) is 17.4. The van der Waals surface area contributed by atoms with Crippen molar-refractivity contribution in [2.45, 2.75) is 32.2 Å². The highest BCUT2D eigenvalue weighted by Crippen LogP contribution is 2.29. The summed E-state index contributed by atoms with van der Waals surface area (Å²) >= 11 is 5.76. The van der Waals surface area contributed by atoms with Gasteiger partial charge in [-0.15, -0.1) is 0 Å². The van der Waals surface area contributed by atoms with E-state index in [-0.39, 0.29) is 22.7 Å². The van der Waals surface area contributed by atoms with Gasteiger partial charge in [0.1, 0.15) is 11.0 Å². The Morgan fingerprint density at radius 1 is 1.65 bits per heavy atom. The van der Waals surface area contributed by atoms with Crippen LogP contribution in [-0.4, -0.2) is 16.9 Å². The van der Waals surface area contributed by atoms with Crippen LogP contribution in [0.4, 0.5) is 4.39 Å². The number of nitrogens with one attached hydrogen (secondary N) is 1. The van der Waals surface area contributed by atoms with Gasteiger partial charge in [0, 0.05) is 6.04 Å². The molecule has 1 amide bonds. The summed E-state index contributed by atoms with van der Waals surface area (Å²) in [6.07, 6.45) is 4.48. The smallest absolute Gasteiger partial charge is 0.254 e. The Bertz CT molecular complexity index is 435. The number of hydrogen-bond acceptors (Lipinski definition) is 2. The first kappa shape index (κ1) is 12.3. The molecule has 0 saturated heterocycles. The van der Waals surface area contributed by atoms with Crippen molar-refractivity contribution in [3.8, 4) is 0 Å². The molecular formula is C12H14ClFN2O. The standard InChI is InChI=1S/C12H14ClFN2O/c1-7(8-3-2-4-8)16-12(17)10-5-9(14)6-15-11(10)13/h5-8H,2-4H2,1H3,(H,16,17). The van der Waals surface area contributed by atoms with Crippen LogP contribution in [0.3, 0.4) is 0 Å². The van der Waals surface area contributed by atoms with E-state index in [1.54, 1.807) is 0 Å². The molecular weight excluding hydrogens is 243 g/mol. The highest BCUT2D eigenvalue weighted by atomic mass is 35.5. The summed E-state index contributed by atoms with van der Waals surface area (Å²) in [6, 6.07) is 1.20. The van der Waals surface area contributed by atoms with E-state index in [1.165, 1.54) is 6.42 Å². The van der Waals surface area contributed by atoms with Crippen molar-refractivity contribution in [1.82, 2.24) is 10.3 Å². The summed E-state index contributed by atoms with van der Waals surface area (Å²) in [7, 11) is 0. The predicted molar refractivity (Wildman–Crippen MR) is 63.5 cm³/mol. The number of aromatic nitrogens is 1. The zero-order valence-corrected chi connectivity index (χ0v) is 10.3. The summed E-state index contributed by atoms with van der Waals surface area (Å²) < 4.78 is 13.0. The summed E-state index contributed by atoms with van der Waals surface area (Å²) in [4.78, 5) is 15.5. The van der Waals surface area contributed by atoms with E-state index in [0.717, 1.165) is 25.1 Å². The van der Waals surface area contributed by atoms with Crippen LogP contribution in [0.1, 0.15) is 36.5 Å². The Morgan fingerprint density at radius 2 is 2.35 bits per heavy atom. The molecule has 1 N–H and O–H groups in total. The predicted octanol–water partition coefficient (Wildman–Crippen LogP) is 2.79. The maximum atomic E-state index is 13.0. The number of amides is 1. The van der Waals surface area contributed by atoms with Crippen molar-refractivity contribution in [3.63, 3.8) is 0 Å². The lowest BCUT2D eigenvalue weighted by molar-refractivity contribution is 0.0908. The van der Waals surface area contributed by atoms with E-state index in [9.17, 15) is 9.18 Å². The fourth-order valence-corrected chi connectivity index (χ4v) is 2.11. The van der Waals surface area contributed by atoms with E-state index < -0.39 is 5.82 Å². The summed E-state index contributed by atoms with van der Waals surface area (Å²) in [6.45, 7) is 1.96. The van der Waals surface area contributed by atoms with Crippen molar-refractivity contribution in [3.05, 3.63) is 28.8 Å². The number of carbonyl (C=O) groups excluding carboxylic acids is 1. The number of halogens is 2. The third-order valence-electron chi connectivity index (χ3n) is 3.27. The average molecular weight is 257 g/mol. The molecule has 1 aromatic heterocycles. The van der Waals surface area contributed by atoms with Gasteiger partial charge in [-0.05, 0) is 31.7 Å². The fourth-order valence-electron chi connectivity index (χ4n) is 1.92. The minimum Gasteiger partial charge on any atom is -0.349 e. The minimum atomic E-state index is -0.559. The van der Waals surface area contributed by atoms with Crippen molar-refractivity contribution < 1.29 is 9.18 Å². The highest BCUT2D eigenvalue weighted by molar-refractivity contribution is 6.32. The molecule has 1 aliphatic rings. The second-order valence-corrected chi connectivity index (χ2v) is 4.80. The molecule has 3 nitrogen and oxygen atoms in total. The molecule has 92 valence electrons. The zero-order chi connectivity index (χ0) is 12.4. The van der Waals surface area contributed by atoms with Crippen LogP contribution >= 0.6 is 11.6 Å². The molecule has 2 rings (SSSR count). The maximum Gasteiger partial charge on any atom is 0.254 e. The lowest BCUT2D eigenvalue weighted by Crippen LogP contribution is -2.40.